The molecule has 0 unspecified atom stereocenters. The highest BCUT2D eigenvalue weighted by Crippen LogP contribution is 2.44. The van der Waals surface area contributed by atoms with E-state index in [1.165, 1.54) is 0 Å². The molecule has 9 heteroatoms. The molecule has 1 heterocycles. The Morgan fingerprint density at radius 3 is 2.20 bits per heavy atom. The van der Waals surface area contributed by atoms with E-state index in [1.807, 2.05) is 0 Å². The van der Waals surface area contributed by atoms with E-state index in [2.05, 4.69) is 40.8 Å². The van der Waals surface area contributed by atoms with E-state index < -0.39 is 36.4 Å². The fourth-order valence-corrected chi connectivity index (χ4v) is 5.77. The van der Waals surface area contributed by atoms with Gasteiger partial charge in [-0.05, 0) is 44.8 Å². The minimum Gasteiger partial charge on any atom is -0.443 e. The Balaban J connectivity index is 2.77. The van der Waals surface area contributed by atoms with Crippen molar-refractivity contribution in [1.29, 1.82) is 0 Å². The lowest BCUT2D eigenvalue weighted by atomic mass is 9.99. The highest BCUT2D eigenvalue weighted by atomic mass is 32.2. The summed E-state index contributed by atoms with van der Waals surface area (Å²) in [7, 11) is -6.24. The first-order valence-corrected chi connectivity index (χ1v) is 12.8. The average Bonchev–Trinajstić information content (AvgIpc) is 2.69. The largest absolute Gasteiger partial charge is 0.443 e. The zero-order valence-electron chi connectivity index (χ0n) is 16.9. The van der Waals surface area contributed by atoms with Gasteiger partial charge in [0.1, 0.15) is 11.7 Å². The predicted octanol–water partition coefficient (Wildman–Crippen LogP) is 3.53. The Morgan fingerprint density at radius 1 is 1.24 bits per heavy atom. The van der Waals surface area contributed by atoms with Crippen LogP contribution in [0.4, 0.5) is 4.79 Å². The molecule has 7 nitrogen and oxygen atoms in total. The maximum atomic E-state index is 12.1. The van der Waals surface area contributed by atoms with Gasteiger partial charge in [0.05, 0.1) is 13.2 Å². The Kier molecular flexibility index (Phi) is 6.42. The zero-order valence-corrected chi connectivity index (χ0v) is 18.7. The molecule has 1 saturated heterocycles. The van der Waals surface area contributed by atoms with E-state index >= 15 is 0 Å². The first-order valence-electron chi connectivity index (χ1n) is 8.57. The van der Waals surface area contributed by atoms with Crippen molar-refractivity contribution in [3.63, 3.8) is 0 Å². The first-order chi connectivity index (χ1) is 11.0. The van der Waals surface area contributed by atoms with Crippen LogP contribution in [0.3, 0.4) is 0 Å². The van der Waals surface area contributed by atoms with Crippen molar-refractivity contribution in [2.45, 2.75) is 78.3 Å². The van der Waals surface area contributed by atoms with E-state index in [0.717, 1.165) is 0 Å². The van der Waals surface area contributed by atoms with Crippen molar-refractivity contribution >= 4 is 24.7 Å². The SMILES string of the molecule is CC(C)C(C)(C)[Si](C)(C)OC[C@H]1CN(C(=O)OC(C)(C)C)S(=O)(=O)O1. The number of ether oxygens (including phenoxy) is 1. The third-order valence-corrected chi connectivity index (χ3v) is 11.0. The molecule has 1 aliphatic rings. The number of rotatable bonds is 5. The number of hydrogen-bond acceptors (Lipinski definition) is 6. The van der Waals surface area contributed by atoms with Gasteiger partial charge in [0.2, 0.25) is 0 Å². The fraction of sp³-hybridized carbons (Fsp3) is 0.938. The van der Waals surface area contributed by atoms with Gasteiger partial charge < -0.3 is 9.16 Å². The molecule has 0 bridgehead atoms. The van der Waals surface area contributed by atoms with Gasteiger partial charge in [0.25, 0.3) is 0 Å². The van der Waals surface area contributed by atoms with Gasteiger partial charge >= 0.3 is 16.4 Å². The summed E-state index contributed by atoms with van der Waals surface area (Å²) in [6, 6.07) is 0. The van der Waals surface area contributed by atoms with Gasteiger partial charge in [-0.3, -0.25) is 0 Å². The van der Waals surface area contributed by atoms with Crippen molar-refractivity contribution in [3.05, 3.63) is 0 Å². The molecule has 1 rings (SSSR count). The summed E-state index contributed by atoms with van der Waals surface area (Å²) in [6.07, 6.45) is -1.64. The molecule has 1 fully saturated rings. The van der Waals surface area contributed by atoms with Gasteiger partial charge in [0.15, 0.2) is 8.32 Å². The van der Waals surface area contributed by atoms with Gasteiger partial charge in [-0.2, -0.15) is 12.7 Å². The van der Waals surface area contributed by atoms with Crippen LogP contribution in [0.1, 0.15) is 48.5 Å². The second-order valence-electron chi connectivity index (χ2n) is 8.89. The van der Waals surface area contributed by atoms with Crippen molar-refractivity contribution < 1.29 is 26.6 Å². The standard InChI is InChI=1S/C16H33NO6SSi/c1-12(2)16(6,7)25(8,9)21-11-13-10-17(24(19,20)23-13)14(18)22-15(3,4)5/h12-13H,10-11H2,1-9H3/t13-/m1/s1. The normalized spacial score (nSPS) is 21.7. The van der Waals surface area contributed by atoms with E-state index in [9.17, 15) is 13.2 Å². The number of carbonyl (C=O) groups is 1. The Labute approximate surface area is 153 Å². The Hall–Kier alpha value is -0.643. The van der Waals surface area contributed by atoms with Crippen LogP contribution in [0.25, 0.3) is 0 Å². The van der Waals surface area contributed by atoms with Crippen LogP contribution < -0.4 is 0 Å². The maximum Gasteiger partial charge on any atom is 0.425 e. The van der Waals surface area contributed by atoms with Crippen LogP contribution in [0.2, 0.25) is 18.1 Å². The molecule has 1 aliphatic heterocycles. The molecule has 0 aliphatic carbocycles. The van der Waals surface area contributed by atoms with Gasteiger partial charge in [-0.25, -0.2) is 8.98 Å². The van der Waals surface area contributed by atoms with E-state index in [0.29, 0.717) is 10.2 Å². The quantitative estimate of drug-likeness (QED) is 0.662. The van der Waals surface area contributed by atoms with Crippen molar-refractivity contribution in [1.82, 2.24) is 4.31 Å². The highest BCUT2D eigenvalue weighted by molar-refractivity contribution is 7.85. The zero-order chi connectivity index (χ0) is 19.8. The van der Waals surface area contributed by atoms with E-state index in [-0.39, 0.29) is 18.2 Å². The third kappa shape index (κ3) is 5.41. The minimum atomic E-state index is -4.13. The van der Waals surface area contributed by atoms with Crippen molar-refractivity contribution in [3.8, 4) is 0 Å². The summed E-state index contributed by atoms with van der Waals surface area (Å²) in [5.74, 6) is 0.431. The summed E-state index contributed by atoms with van der Waals surface area (Å²) >= 11 is 0. The summed E-state index contributed by atoms with van der Waals surface area (Å²) in [4.78, 5) is 12.1. The van der Waals surface area contributed by atoms with E-state index in [1.54, 1.807) is 20.8 Å². The predicted molar refractivity (Wildman–Crippen MR) is 99.0 cm³/mol. The fourth-order valence-electron chi connectivity index (χ4n) is 2.27. The second-order valence-corrected chi connectivity index (χ2v) is 15.0. The maximum absolute atomic E-state index is 12.1. The summed E-state index contributed by atoms with van der Waals surface area (Å²) < 4.78 is 41.1. The molecule has 1 amide bonds. The van der Waals surface area contributed by atoms with Crippen molar-refractivity contribution in [2.24, 2.45) is 5.92 Å². The smallest absolute Gasteiger partial charge is 0.425 e. The van der Waals surface area contributed by atoms with Gasteiger partial charge in [-0.15, -0.1) is 0 Å². The number of nitrogens with zero attached hydrogens (tertiary/aromatic N) is 1. The van der Waals surface area contributed by atoms with Crippen LogP contribution in [0.5, 0.6) is 0 Å². The average molecular weight is 396 g/mol. The molecule has 148 valence electrons. The molecule has 0 radical (unpaired) electrons. The molecule has 0 aromatic rings. The van der Waals surface area contributed by atoms with Gasteiger partial charge in [-0.1, -0.05) is 27.7 Å². The summed E-state index contributed by atoms with van der Waals surface area (Å²) in [6.45, 7) is 17.9. The van der Waals surface area contributed by atoms with Crippen LogP contribution in [0, 0.1) is 5.92 Å². The van der Waals surface area contributed by atoms with Crippen molar-refractivity contribution in [2.75, 3.05) is 13.2 Å². The second kappa shape index (κ2) is 7.17. The summed E-state index contributed by atoms with van der Waals surface area (Å²) in [5.41, 5.74) is -0.780. The lowest BCUT2D eigenvalue weighted by Crippen LogP contribution is -2.47. The molecule has 0 spiro atoms. The molecular weight excluding hydrogens is 362 g/mol. The van der Waals surface area contributed by atoms with Crippen LogP contribution in [0.15, 0.2) is 0 Å². The van der Waals surface area contributed by atoms with Crippen LogP contribution >= 0.6 is 0 Å². The monoisotopic (exact) mass is 395 g/mol. The molecule has 0 N–H and O–H groups in total. The Bertz CT molecular complexity index is 594. The topological polar surface area (TPSA) is 82.1 Å². The molecular formula is C16H33NO6SSi. The number of hydrogen-bond donors (Lipinski definition) is 0. The first kappa shape index (κ1) is 22.4. The molecule has 1 atom stereocenters. The molecule has 0 aromatic carbocycles. The van der Waals surface area contributed by atoms with E-state index in [4.69, 9.17) is 13.3 Å². The highest BCUT2D eigenvalue weighted by Gasteiger charge is 2.46. The third-order valence-electron chi connectivity index (χ3n) is 5.12. The van der Waals surface area contributed by atoms with Gasteiger partial charge in [0, 0.05) is 0 Å². The van der Waals surface area contributed by atoms with Crippen LogP contribution in [-0.4, -0.2) is 52.0 Å². The lowest BCUT2D eigenvalue weighted by Gasteiger charge is -2.42. The molecule has 0 aromatic heterocycles. The summed E-state index contributed by atoms with van der Waals surface area (Å²) in [5, 5.41) is 0.00926. The number of amides is 1. The minimum absolute atomic E-state index is 0.00926. The number of carbonyl (C=O) groups excluding carboxylic acids is 1. The molecule has 25 heavy (non-hydrogen) atoms. The molecule has 0 saturated carbocycles. The lowest BCUT2D eigenvalue weighted by molar-refractivity contribution is 0.0390. The Morgan fingerprint density at radius 2 is 1.76 bits per heavy atom. The van der Waals surface area contributed by atoms with Crippen LogP contribution in [-0.2, 0) is 23.7 Å².